The number of urea groups is 1. The smallest absolute Gasteiger partial charge is 0.317 e. The van der Waals surface area contributed by atoms with Crippen LogP contribution in [0.15, 0.2) is 47.4 Å². The van der Waals surface area contributed by atoms with E-state index in [1.807, 2.05) is 46.8 Å². The monoisotopic (exact) mass is 479 g/mol. The molecule has 0 saturated carbocycles. The van der Waals surface area contributed by atoms with Gasteiger partial charge in [-0.15, -0.1) is 22.7 Å². The van der Waals surface area contributed by atoms with Crippen molar-refractivity contribution in [3.63, 3.8) is 0 Å². The standard InChI is InChI=1S/C23H33N3O4S2/c1-4-6-11-21(25-23(28)24-18(3)30-17-29-12-5-2)22(27)26(15-19-9-7-13-31-19)16-20-10-8-14-32-20/h5,7-10,12-14,18,21H,4,6,11,15-17H2,1-3H3,(H2,24,25,28)/b12-5+/t18?,21-/m0/s1. The number of unbranched alkanes of at least 4 members (excludes halogenated alkanes) is 1. The van der Waals surface area contributed by atoms with Crippen LogP contribution in [0.1, 0.15) is 49.8 Å². The second-order valence-corrected chi connectivity index (χ2v) is 9.29. The third-order valence-electron chi connectivity index (χ3n) is 4.57. The van der Waals surface area contributed by atoms with Crippen LogP contribution in [0.5, 0.6) is 0 Å². The van der Waals surface area contributed by atoms with Crippen LogP contribution >= 0.6 is 22.7 Å². The SMILES string of the molecule is C/C=C/OCOC(C)NC(=O)N[C@@H](CCCC)C(=O)N(Cc1cccs1)Cc1cccs1. The molecule has 2 aromatic heterocycles. The number of amides is 3. The molecule has 0 aromatic carbocycles. The maximum Gasteiger partial charge on any atom is 0.317 e. The zero-order valence-corrected chi connectivity index (χ0v) is 20.5. The van der Waals surface area contributed by atoms with Crippen molar-refractivity contribution in [2.75, 3.05) is 6.79 Å². The summed E-state index contributed by atoms with van der Waals surface area (Å²) < 4.78 is 10.5. The second-order valence-electron chi connectivity index (χ2n) is 7.23. The molecule has 0 radical (unpaired) electrons. The molecule has 1 unspecified atom stereocenters. The number of thiophene rings is 2. The molecule has 9 heteroatoms. The van der Waals surface area contributed by atoms with Crippen molar-refractivity contribution in [3.8, 4) is 0 Å². The first-order valence-corrected chi connectivity index (χ1v) is 12.5. The maximum atomic E-state index is 13.5. The normalized spacial score (nSPS) is 13.0. The number of rotatable bonds is 14. The highest BCUT2D eigenvalue weighted by Crippen LogP contribution is 2.19. The minimum Gasteiger partial charge on any atom is -0.475 e. The second kappa shape index (κ2) is 14.7. The molecule has 0 aliphatic carbocycles. The van der Waals surface area contributed by atoms with Crippen LogP contribution in [0.3, 0.4) is 0 Å². The first-order chi connectivity index (χ1) is 15.5. The molecule has 0 bridgehead atoms. The number of ether oxygens (including phenoxy) is 2. The average Bonchev–Trinajstić information content (AvgIpc) is 3.47. The Hall–Kier alpha value is -2.36. The van der Waals surface area contributed by atoms with Crippen molar-refractivity contribution in [1.29, 1.82) is 0 Å². The van der Waals surface area contributed by atoms with Gasteiger partial charge in [-0.05, 0) is 43.2 Å². The summed E-state index contributed by atoms with van der Waals surface area (Å²) in [7, 11) is 0. The van der Waals surface area contributed by atoms with Gasteiger partial charge in [0.15, 0.2) is 6.79 Å². The first-order valence-electron chi connectivity index (χ1n) is 10.8. The molecule has 32 heavy (non-hydrogen) atoms. The predicted octanol–water partition coefficient (Wildman–Crippen LogP) is 5.07. The summed E-state index contributed by atoms with van der Waals surface area (Å²) in [6, 6.07) is 6.96. The van der Waals surface area contributed by atoms with Crippen LogP contribution in [0, 0.1) is 0 Å². The van der Waals surface area contributed by atoms with Crippen LogP contribution in [-0.2, 0) is 27.4 Å². The molecule has 2 aromatic rings. The Bertz CT molecular complexity index is 773. The lowest BCUT2D eigenvalue weighted by Crippen LogP contribution is -2.52. The van der Waals surface area contributed by atoms with E-state index in [-0.39, 0.29) is 12.7 Å². The Labute approximate surface area is 198 Å². The number of hydrogen-bond donors (Lipinski definition) is 2. The highest BCUT2D eigenvalue weighted by molar-refractivity contribution is 7.10. The fourth-order valence-electron chi connectivity index (χ4n) is 2.98. The van der Waals surface area contributed by atoms with E-state index in [0.29, 0.717) is 19.5 Å². The van der Waals surface area contributed by atoms with E-state index in [2.05, 4.69) is 17.6 Å². The number of nitrogens with zero attached hydrogens (tertiary/aromatic N) is 1. The van der Waals surface area contributed by atoms with Crippen molar-refractivity contribution in [2.45, 2.75) is 65.4 Å². The van der Waals surface area contributed by atoms with Gasteiger partial charge in [0.25, 0.3) is 0 Å². The van der Waals surface area contributed by atoms with E-state index in [1.165, 1.54) is 6.26 Å². The predicted molar refractivity (Wildman–Crippen MR) is 129 cm³/mol. The summed E-state index contributed by atoms with van der Waals surface area (Å²) >= 11 is 3.24. The molecule has 2 rings (SSSR count). The lowest BCUT2D eigenvalue weighted by Gasteiger charge is -2.28. The van der Waals surface area contributed by atoms with Crippen LogP contribution in [0.25, 0.3) is 0 Å². The first kappa shape index (κ1) is 25.9. The molecule has 2 N–H and O–H groups in total. The summed E-state index contributed by atoms with van der Waals surface area (Å²) in [4.78, 5) is 30.1. The van der Waals surface area contributed by atoms with Crippen molar-refractivity contribution < 1.29 is 19.1 Å². The van der Waals surface area contributed by atoms with Crippen LogP contribution < -0.4 is 10.6 Å². The number of carbonyl (C=O) groups is 2. The zero-order chi connectivity index (χ0) is 23.2. The maximum absolute atomic E-state index is 13.5. The Balaban J connectivity index is 2.02. The lowest BCUT2D eigenvalue weighted by molar-refractivity contribution is -0.134. The van der Waals surface area contributed by atoms with Crippen LogP contribution in [-0.4, -0.2) is 35.9 Å². The van der Waals surface area contributed by atoms with Crippen molar-refractivity contribution in [2.24, 2.45) is 0 Å². The molecular weight excluding hydrogens is 446 g/mol. The summed E-state index contributed by atoms with van der Waals surface area (Å²) in [5.74, 6) is -0.0830. The van der Waals surface area contributed by atoms with Crippen molar-refractivity contribution >= 4 is 34.6 Å². The van der Waals surface area contributed by atoms with Crippen molar-refractivity contribution in [1.82, 2.24) is 15.5 Å². The average molecular weight is 480 g/mol. The molecule has 0 aliphatic rings. The van der Waals surface area contributed by atoms with Gasteiger partial charge >= 0.3 is 6.03 Å². The van der Waals surface area contributed by atoms with Gasteiger partial charge < -0.3 is 25.0 Å². The fraction of sp³-hybridized carbons (Fsp3) is 0.478. The number of carbonyl (C=O) groups excluding carboxylic acids is 2. The minimum atomic E-state index is -0.610. The van der Waals surface area contributed by atoms with Crippen LogP contribution in [0.4, 0.5) is 4.79 Å². The Kier molecular flexibility index (Phi) is 11.9. The highest BCUT2D eigenvalue weighted by Gasteiger charge is 2.27. The summed E-state index contributed by atoms with van der Waals surface area (Å²) in [6.45, 7) is 6.67. The van der Waals surface area contributed by atoms with E-state index < -0.39 is 18.3 Å². The summed E-state index contributed by atoms with van der Waals surface area (Å²) in [6.07, 6.45) is 5.05. The molecule has 2 heterocycles. The molecule has 0 spiro atoms. The van der Waals surface area contributed by atoms with E-state index in [1.54, 1.807) is 35.7 Å². The quantitative estimate of drug-likeness (QED) is 0.225. The minimum absolute atomic E-state index is 0.0272. The van der Waals surface area contributed by atoms with Gasteiger partial charge in [0.1, 0.15) is 12.3 Å². The van der Waals surface area contributed by atoms with Gasteiger partial charge in [-0.25, -0.2) is 4.79 Å². The Morgan fingerprint density at radius 2 is 1.78 bits per heavy atom. The molecule has 176 valence electrons. The van der Waals surface area contributed by atoms with Gasteiger partial charge in [-0.1, -0.05) is 38.0 Å². The number of hydrogen-bond acceptors (Lipinski definition) is 6. The molecule has 2 atom stereocenters. The van der Waals surface area contributed by atoms with Crippen LogP contribution in [0.2, 0.25) is 0 Å². The van der Waals surface area contributed by atoms with E-state index in [0.717, 1.165) is 22.6 Å². The number of nitrogens with one attached hydrogen (secondary N) is 2. The Morgan fingerprint density at radius 3 is 2.31 bits per heavy atom. The molecule has 0 saturated heterocycles. The molecule has 0 fully saturated rings. The third kappa shape index (κ3) is 9.42. The fourth-order valence-corrected chi connectivity index (χ4v) is 4.42. The van der Waals surface area contributed by atoms with Gasteiger partial charge in [0, 0.05) is 9.75 Å². The lowest BCUT2D eigenvalue weighted by atomic mass is 10.1. The molecule has 0 aliphatic heterocycles. The summed E-state index contributed by atoms with van der Waals surface area (Å²) in [5.41, 5.74) is 0. The van der Waals surface area contributed by atoms with Gasteiger partial charge in [0.2, 0.25) is 5.91 Å². The topological polar surface area (TPSA) is 79.9 Å². The molecule has 3 amide bonds. The van der Waals surface area contributed by atoms with Crippen molar-refractivity contribution in [3.05, 3.63) is 57.1 Å². The third-order valence-corrected chi connectivity index (χ3v) is 6.29. The summed E-state index contributed by atoms with van der Waals surface area (Å²) in [5, 5.41) is 9.57. The zero-order valence-electron chi connectivity index (χ0n) is 18.9. The van der Waals surface area contributed by atoms with Gasteiger partial charge in [0.05, 0.1) is 19.4 Å². The number of allylic oxidation sites excluding steroid dienone is 1. The highest BCUT2D eigenvalue weighted by atomic mass is 32.1. The van der Waals surface area contributed by atoms with Gasteiger partial charge in [-0.2, -0.15) is 0 Å². The van der Waals surface area contributed by atoms with E-state index in [4.69, 9.17) is 9.47 Å². The molecular formula is C23H33N3O4S2. The van der Waals surface area contributed by atoms with Gasteiger partial charge in [-0.3, -0.25) is 4.79 Å². The molecule has 7 nitrogen and oxygen atoms in total. The van der Waals surface area contributed by atoms with E-state index >= 15 is 0 Å². The Morgan fingerprint density at radius 1 is 1.12 bits per heavy atom. The largest absolute Gasteiger partial charge is 0.475 e. The van der Waals surface area contributed by atoms with E-state index in [9.17, 15) is 9.59 Å².